The molecule has 4 heteroatoms. The summed E-state index contributed by atoms with van der Waals surface area (Å²) >= 11 is 6.19. The van der Waals surface area contributed by atoms with Gasteiger partial charge in [0.2, 0.25) is 0 Å². The Morgan fingerprint density at radius 1 is 0.929 bits per heavy atom. The summed E-state index contributed by atoms with van der Waals surface area (Å²) in [6.07, 6.45) is 2.79. The number of hydrogen-bond donors (Lipinski definition) is 0. The van der Waals surface area contributed by atoms with Crippen LogP contribution in [-0.4, -0.2) is 16.0 Å². The Balaban J connectivity index is 1.85. The molecule has 0 aliphatic rings. The Kier molecular flexibility index (Phi) is 4.18. The molecule has 0 atom stereocenters. The first-order valence-electron chi connectivity index (χ1n) is 9.42. The molecule has 5 aromatic rings. The lowest BCUT2D eigenvalue weighted by Gasteiger charge is -2.05. The van der Waals surface area contributed by atoms with Gasteiger partial charge >= 0.3 is 0 Å². The highest BCUT2D eigenvalue weighted by atomic mass is 35.5. The van der Waals surface area contributed by atoms with Crippen molar-refractivity contribution < 1.29 is 4.74 Å². The van der Waals surface area contributed by atoms with Crippen molar-refractivity contribution in [1.82, 2.24) is 9.38 Å². The van der Waals surface area contributed by atoms with E-state index < -0.39 is 0 Å². The molecule has 0 N–H and O–H groups in total. The van der Waals surface area contributed by atoms with Crippen molar-refractivity contribution in [2.24, 2.45) is 0 Å². The summed E-state index contributed by atoms with van der Waals surface area (Å²) in [4.78, 5) is 4.69. The van der Waals surface area contributed by atoms with Gasteiger partial charge in [0, 0.05) is 16.8 Å². The van der Waals surface area contributed by atoms with E-state index in [1.807, 2.05) is 43.5 Å². The van der Waals surface area contributed by atoms with E-state index in [0.29, 0.717) is 11.6 Å². The predicted octanol–water partition coefficient (Wildman–Crippen LogP) is 6.28. The van der Waals surface area contributed by atoms with E-state index in [1.54, 1.807) is 0 Å². The first kappa shape index (κ1) is 17.1. The fourth-order valence-corrected chi connectivity index (χ4v) is 4.08. The lowest BCUT2D eigenvalue weighted by Crippen LogP contribution is -1.92. The van der Waals surface area contributed by atoms with E-state index in [9.17, 15) is 0 Å². The predicted molar refractivity (Wildman–Crippen MR) is 116 cm³/mol. The Morgan fingerprint density at radius 2 is 1.75 bits per heavy atom. The highest BCUT2D eigenvalue weighted by Crippen LogP contribution is 2.34. The molecule has 0 bridgehead atoms. The molecule has 2 aromatic heterocycles. The summed E-state index contributed by atoms with van der Waals surface area (Å²) in [6, 6.07) is 22.7. The van der Waals surface area contributed by atoms with Crippen LogP contribution in [0.1, 0.15) is 18.1 Å². The average molecular weight is 387 g/mol. The number of nitrogens with zero attached hydrogens (tertiary/aromatic N) is 2. The van der Waals surface area contributed by atoms with Gasteiger partial charge in [-0.3, -0.25) is 4.98 Å². The van der Waals surface area contributed by atoms with Crippen molar-refractivity contribution in [1.29, 1.82) is 0 Å². The van der Waals surface area contributed by atoms with Crippen LogP contribution in [0, 0.1) is 0 Å². The monoisotopic (exact) mass is 386 g/mol. The first-order chi connectivity index (χ1) is 13.7. The van der Waals surface area contributed by atoms with Crippen molar-refractivity contribution in [2.75, 3.05) is 6.61 Å². The van der Waals surface area contributed by atoms with Crippen molar-refractivity contribution in [3.63, 3.8) is 0 Å². The number of benzene rings is 3. The number of rotatable bonds is 4. The highest BCUT2D eigenvalue weighted by molar-refractivity contribution is 6.31. The summed E-state index contributed by atoms with van der Waals surface area (Å²) in [5.74, 6) is 0.889. The molecule has 0 spiro atoms. The van der Waals surface area contributed by atoms with E-state index in [-0.39, 0.29) is 0 Å². The van der Waals surface area contributed by atoms with Crippen LogP contribution in [0.4, 0.5) is 0 Å². The average Bonchev–Trinajstić information content (AvgIpc) is 3.02. The molecule has 0 radical (unpaired) electrons. The topological polar surface area (TPSA) is 26.5 Å². The summed E-state index contributed by atoms with van der Waals surface area (Å²) in [5.41, 5.74) is 6.73. The van der Waals surface area contributed by atoms with Crippen LogP contribution < -0.4 is 4.74 Å². The second-order valence-corrected chi connectivity index (χ2v) is 7.30. The minimum absolute atomic E-state index is 0.649. The third-order valence-corrected chi connectivity index (χ3v) is 5.36. The largest absolute Gasteiger partial charge is 0.494 e. The minimum Gasteiger partial charge on any atom is -0.494 e. The van der Waals surface area contributed by atoms with Gasteiger partial charge in [-0.2, -0.15) is 0 Å². The Morgan fingerprint density at radius 3 is 2.57 bits per heavy atom. The van der Waals surface area contributed by atoms with Crippen LogP contribution in [-0.2, 0) is 6.42 Å². The molecule has 0 unspecified atom stereocenters. The molecule has 5 rings (SSSR count). The Labute approximate surface area is 168 Å². The Hall–Kier alpha value is -3.04. The highest BCUT2D eigenvalue weighted by Gasteiger charge is 2.16. The van der Waals surface area contributed by atoms with Crippen molar-refractivity contribution in [3.8, 4) is 5.75 Å². The van der Waals surface area contributed by atoms with Gasteiger partial charge in [-0.1, -0.05) is 41.9 Å². The SMILES string of the molecule is CCOc1ccc2c(c1)c(Cc1ccccc1)c1cnc3cc(Cl)ccc3n12. The van der Waals surface area contributed by atoms with E-state index in [0.717, 1.165) is 34.2 Å². The smallest absolute Gasteiger partial charge is 0.120 e. The molecule has 138 valence electrons. The van der Waals surface area contributed by atoms with Gasteiger partial charge in [0.25, 0.3) is 0 Å². The quantitative estimate of drug-likeness (QED) is 0.363. The van der Waals surface area contributed by atoms with Crippen LogP contribution in [0.2, 0.25) is 5.02 Å². The molecule has 2 heterocycles. The summed E-state index contributed by atoms with van der Waals surface area (Å²) in [7, 11) is 0. The molecule has 0 fully saturated rings. The van der Waals surface area contributed by atoms with Crippen LogP contribution in [0.5, 0.6) is 5.75 Å². The fraction of sp³-hybridized carbons (Fsp3) is 0.125. The lowest BCUT2D eigenvalue weighted by atomic mass is 10.0. The summed E-state index contributed by atoms with van der Waals surface area (Å²) in [5, 5.41) is 1.89. The summed E-state index contributed by atoms with van der Waals surface area (Å²) < 4.78 is 8.06. The van der Waals surface area contributed by atoms with Gasteiger partial charge in [0.1, 0.15) is 5.75 Å². The van der Waals surface area contributed by atoms with E-state index in [2.05, 4.69) is 45.8 Å². The lowest BCUT2D eigenvalue weighted by molar-refractivity contribution is 0.340. The molecule has 28 heavy (non-hydrogen) atoms. The van der Waals surface area contributed by atoms with Crippen LogP contribution in [0.25, 0.3) is 27.5 Å². The number of fused-ring (bicyclic) bond motifs is 5. The van der Waals surface area contributed by atoms with Crippen LogP contribution in [0.3, 0.4) is 0 Å². The Bertz CT molecular complexity index is 1310. The normalized spacial score (nSPS) is 11.5. The molecule has 0 amide bonds. The van der Waals surface area contributed by atoms with Crippen LogP contribution in [0.15, 0.2) is 72.9 Å². The fourth-order valence-electron chi connectivity index (χ4n) is 3.91. The number of aromatic nitrogens is 2. The standard InChI is InChI=1S/C24H19ClN2O/c1-2-28-18-9-11-22-20(14-18)19(12-16-6-4-3-5-7-16)24-15-26-21-13-17(25)8-10-23(21)27(22)24/h3-11,13-15H,2,12H2,1H3. The van der Waals surface area contributed by atoms with E-state index in [4.69, 9.17) is 16.3 Å². The first-order valence-corrected chi connectivity index (χ1v) is 9.80. The van der Waals surface area contributed by atoms with Gasteiger partial charge in [-0.25, -0.2) is 0 Å². The van der Waals surface area contributed by atoms with Gasteiger partial charge < -0.3 is 9.14 Å². The van der Waals surface area contributed by atoms with Crippen molar-refractivity contribution in [2.45, 2.75) is 13.3 Å². The molecular weight excluding hydrogens is 368 g/mol. The maximum atomic E-state index is 6.19. The van der Waals surface area contributed by atoms with Crippen molar-refractivity contribution in [3.05, 3.63) is 89.1 Å². The molecular formula is C24H19ClN2O. The second-order valence-electron chi connectivity index (χ2n) is 6.86. The van der Waals surface area contributed by atoms with Crippen molar-refractivity contribution >= 4 is 39.1 Å². The number of ether oxygens (including phenoxy) is 1. The molecule has 3 nitrogen and oxygen atoms in total. The van der Waals surface area contributed by atoms with E-state index >= 15 is 0 Å². The van der Waals surface area contributed by atoms with Gasteiger partial charge in [0.05, 0.1) is 34.9 Å². The molecule has 3 aromatic carbocycles. The second kappa shape index (κ2) is 6.84. The van der Waals surface area contributed by atoms with Gasteiger partial charge in [-0.15, -0.1) is 0 Å². The minimum atomic E-state index is 0.649. The molecule has 0 saturated carbocycles. The number of hydrogen-bond acceptors (Lipinski definition) is 2. The third kappa shape index (κ3) is 2.79. The summed E-state index contributed by atoms with van der Waals surface area (Å²) in [6.45, 7) is 2.66. The maximum absolute atomic E-state index is 6.19. The molecule has 0 saturated heterocycles. The van der Waals surface area contributed by atoms with Crippen LogP contribution >= 0.6 is 11.6 Å². The van der Waals surface area contributed by atoms with Gasteiger partial charge in [-0.05, 0) is 54.4 Å². The molecule has 0 aliphatic carbocycles. The zero-order valence-corrected chi connectivity index (χ0v) is 16.3. The van der Waals surface area contributed by atoms with Gasteiger partial charge in [0.15, 0.2) is 0 Å². The maximum Gasteiger partial charge on any atom is 0.120 e. The zero-order chi connectivity index (χ0) is 19.1. The zero-order valence-electron chi connectivity index (χ0n) is 15.5. The third-order valence-electron chi connectivity index (χ3n) is 5.12. The number of halogens is 1. The molecule has 0 aliphatic heterocycles. The van der Waals surface area contributed by atoms with E-state index in [1.165, 1.54) is 16.5 Å².